The third-order valence-electron chi connectivity index (χ3n) is 6.56. The highest BCUT2D eigenvalue weighted by molar-refractivity contribution is 5.32. The molecule has 0 saturated heterocycles. The van der Waals surface area contributed by atoms with Gasteiger partial charge in [-0.15, -0.1) is 0 Å². The lowest BCUT2D eigenvalue weighted by Gasteiger charge is -2.32. The predicted molar refractivity (Wildman–Crippen MR) is 142 cm³/mol. The van der Waals surface area contributed by atoms with Gasteiger partial charge in [0.25, 0.3) is 0 Å². The zero-order chi connectivity index (χ0) is 23.2. The molecule has 1 nitrogen and oxygen atoms in total. The van der Waals surface area contributed by atoms with Gasteiger partial charge in [0.2, 0.25) is 0 Å². The SMILES string of the molecule is C=C(/C=C\C=CC)C(CC)C(CCC/C=C/C1C=C(Cc2ccccc2)C1C)N/C=C\C. The average Bonchev–Trinajstić information content (AvgIpc) is 2.81. The molecule has 0 radical (unpaired) electrons. The van der Waals surface area contributed by atoms with E-state index in [0.717, 1.165) is 25.7 Å². The summed E-state index contributed by atoms with van der Waals surface area (Å²) in [6.07, 6.45) is 25.5. The Bertz CT molecular complexity index is 821. The molecule has 1 aliphatic carbocycles. The number of hydrogen-bond acceptors (Lipinski definition) is 1. The molecule has 172 valence electrons. The molecule has 0 amide bonds. The lowest BCUT2D eigenvalue weighted by molar-refractivity contribution is 0.395. The Balaban J connectivity index is 1.83. The largest absolute Gasteiger partial charge is 0.388 e. The summed E-state index contributed by atoms with van der Waals surface area (Å²) in [5.41, 5.74) is 4.21. The fourth-order valence-corrected chi connectivity index (χ4v) is 4.49. The monoisotopic (exact) mass is 429 g/mol. The van der Waals surface area contributed by atoms with Crippen LogP contribution in [0.15, 0.2) is 103 Å². The van der Waals surface area contributed by atoms with E-state index in [0.29, 0.717) is 23.8 Å². The lowest BCUT2D eigenvalue weighted by atomic mass is 9.73. The summed E-state index contributed by atoms with van der Waals surface area (Å²) in [6, 6.07) is 11.2. The second-order valence-electron chi connectivity index (χ2n) is 8.88. The third kappa shape index (κ3) is 8.19. The first-order chi connectivity index (χ1) is 15.6. The standard InChI is InChI=1S/C31H43N/c1-6-9-12-17-25(4)30(8-3)31(32-22-7-2)21-16-11-15-20-28-24-29(26(28)5)23-27-18-13-10-14-19-27/h6-7,9-10,12-15,17-20,22,24,26,28,30-32H,4,8,11,16,21,23H2,1-3,5H3/b9-6?,17-12-,20-15+,22-7-. The fraction of sp³-hybridized carbons (Fsp3) is 0.419. The molecule has 0 aliphatic heterocycles. The van der Waals surface area contributed by atoms with Gasteiger partial charge >= 0.3 is 0 Å². The molecule has 4 atom stereocenters. The highest BCUT2D eigenvalue weighted by Gasteiger charge is 2.26. The molecule has 1 aromatic carbocycles. The van der Waals surface area contributed by atoms with E-state index in [1.807, 2.05) is 6.92 Å². The van der Waals surface area contributed by atoms with Gasteiger partial charge in [0.1, 0.15) is 0 Å². The summed E-state index contributed by atoms with van der Waals surface area (Å²) in [7, 11) is 0. The van der Waals surface area contributed by atoms with E-state index in [1.54, 1.807) is 5.57 Å². The number of hydrogen-bond donors (Lipinski definition) is 1. The van der Waals surface area contributed by atoms with Crippen molar-refractivity contribution in [3.05, 3.63) is 108 Å². The second-order valence-corrected chi connectivity index (χ2v) is 8.88. The Kier molecular flexibility index (Phi) is 11.7. The van der Waals surface area contributed by atoms with E-state index >= 15 is 0 Å². The lowest BCUT2D eigenvalue weighted by Crippen LogP contribution is -2.33. The molecular formula is C31H43N. The molecule has 0 aromatic heterocycles. The van der Waals surface area contributed by atoms with Crippen molar-refractivity contribution in [3.63, 3.8) is 0 Å². The van der Waals surface area contributed by atoms with Gasteiger partial charge in [-0.3, -0.25) is 0 Å². The molecule has 0 bridgehead atoms. The van der Waals surface area contributed by atoms with Crippen molar-refractivity contribution in [2.24, 2.45) is 17.8 Å². The fourth-order valence-electron chi connectivity index (χ4n) is 4.49. The van der Waals surface area contributed by atoms with E-state index in [4.69, 9.17) is 0 Å². The van der Waals surface area contributed by atoms with Gasteiger partial charge in [-0.2, -0.15) is 0 Å². The van der Waals surface area contributed by atoms with Gasteiger partial charge in [-0.05, 0) is 63.6 Å². The summed E-state index contributed by atoms with van der Waals surface area (Å²) in [5.74, 6) is 1.71. The first-order valence-electron chi connectivity index (χ1n) is 12.4. The van der Waals surface area contributed by atoms with Crippen LogP contribution in [0.25, 0.3) is 0 Å². The van der Waals surface area contributed by atoms with Crippen LogP contribution in [0.2, 0.25) is 0 Å². The molecule has 1 N–H and O–H groups in total. The molecule has 0 heterocycles. The highest BCUT2D eigenvalue weighted by atomic mass is 14.9. The maximum Gasteiger partial charge on any atom is 0.0324 e. The van der Waals surface area contributed by atoms with Gasteiger partial charge in [0, 0.05) is 17.9 Å². The van der Waals surface area contributed by atoms with Crippen LogP contribution in [-0.2, 0) is 6.42 Å². The zero-order valence-electron chi connectivity index (χ0n) is 20.6. The summed E-state index contributed by atoms with van der Waals surface area (Å²) >= 11 is 0. The minimum absolute atomic E-state index is 0.423. The molecule has 1 aromatic rings. The normalized spacial score (nSPS) is 20.7. The van der Waals surface area contributed by atoms with Crippen LogP contribution in [0.5, 0.6) is 0 Å². The molecule has 1 heteroatoms. The Labute approximate surface area is 197 Å². The van der Waals surface area contributed by atoms with E-state index in [1.165, 1.54) is 17.6 Å². The van der Waals surface area contributed by atoms with E-state index in [-0.39, 0.29) is 0 Å². The number of rotatable bonds is 14. The molecule has 0 saturated carbocycles. The molecule has 32 heavy (non-hydrogen) atoms. The molecule has 4 unspecified atom stereocenters. The Morgan fingerprint density at radius 2 is 1.91 bits per heavy atom. The summed E-state index contributed by atoms with van der Waals surface area (Å²) < 4.78 is 0. The smallest absolute Gasteiger partial charge is 0.0324 e. The molecular weight excluding hydrogens is 386 g/mol. The van der Waals surface area contributed by atoms with Crippen molar-refractivity contribution in [3.8, 4) is 0 Å². The molecule has 0 spiro atoms. The number of benzene rings is 1. The Morgan fingerprint density at radius 1 is 1.12 bits per heavy atom. The van der Waals surface area contributed by atoms with Gasteiger partial charge in [0.15, 0.2) is 0 Å². The van der Waals surface area contributed by atoms with Crippen LogP contribution >= 0.6 is 0 Å². The Hall–Kier alpha value is -2.54. The van der Waals surface area contributed by atoms with E-state index < -0.39 is 0 Å². The Morgan fingerprint density at radius 3 is 2.56 bits per heavy atom. The molecule has 2 rings (SSSR count). The maximum atomic E-state index is 4.35. The highest BCUT2D eigenvalue weighted by Crippen LogP contribution is 2.36. The van der Waals surface area contributed by atoms with Gasteiger partial charge in [-0.1, -0.05) is 111 Å². The van der Waals surface area contributed by atoms with Crippen molar-refractivity contribution in [1.29, 1.82) is 0 Å². The van der Waals surface area contributed by atoms with Crippen molar-refractivity contribution in [2.45, 2.75) is 65.8 Å². The minimum atomic E-state index is 0.423. The van der Waals surface area contributed by atoms with Crippen molar-refractivity contribution in [1.82, 2.24) is 5.32 Å². The van der Waals surface area contributed by atoms with E-state index in [2.05, 4.69) is 118 Å². The van der Waals surface area contributed by atoms with Crippen molar-refractivity contribution < 1.29 is 0 Å². The zero-order valence-corrected chi connectivity index (χ0v) is 20.6. The first-order valence-corrected chi connectivity index (χ1v) is 12.4. The van der Waals surface area contributed by atoms with Crippen molar-refractivity contribution >= 4 is 0 Å². The molecule has 0 fully saturated rings. The minimum Gasteiger partial charge on any atom is -0.388 e. The van der Waals surface area contributed by atoms with Crippen LogP contribution in [0.3, 0.4) is 0 Å². The average molecular weight is 430 g/mol. The van der Waals surface area contributed by atoms with Gasteiger partial charge in [0.05, 0.1) is 0 Å². The number of unbranched alkanes of at least 4 members (excludes halogenated alkanes) is 1. The maximum absolute atomic E-state index is 4.35. The number of nitrogens with one attached hydrogen (secondary N) is 1. The van der Waals surface area contributed by atoms with Crippen LogP contribution in [0.4, 0.5) is 0 Å². The number of allylic oxidation sites excluding steroid dienone is 9. The third-order valence-corrected chi connectivity index (χ3v) is 6.56. The first kappa shape index (κ1) is 25.7. The van der Waals surface area contributed by atoms with Crippen LogP contribution in [-0.4, -0.2) is 6.04 Å². The quantitative estimate of drug-likeness (QED) is 0.178. The summed E-state index contributed by atoms with van der Waals surface area (Å²) in [6.45, 7) is 13.1. The summed E-state index contributed by atoms with van der Waals surface area (Å²) in [5, 5.41) is 3.62. The van der Waals surface area contributed by atoms with Gasteiger partial charge in [-0.25, -0.2) is 0 Å². The van der Waals surface area contributed by atoms with Gasteiger partial charge < -0.3 is 5.32 Å². The van der Waals surface area contributed by atoms with Crippen molar-refractivity contribution in [2.75, 3.05) is 0 Å². The second kappa shape index (κ2) is 14.5. The van der Waals surface area contributed by atoms with Crippen LogP contribution in [0.1, 0.15) is 58.9 Å². The van der Waals surface area contributed by atoms with Crippen LogP contribution in [0, 0.1) is 17.8 Å². The topological polar surface area (TPSA) is 12.0 Å². The van der Waals surface area contributed by atoms with E-state index in [9.17, 15) is 0 Å². The molecule has 1 aliphatic rings. The predicted octanol–water partition coefficient (Wildman–Crippen LogP) is 8.35. The summed E-state index contributed by atoms with van der Waals surface area (Å²) in [4.78, 5) is 0. The van der Waals surface area contributed by atoms with Crippen LogP contribution < -0.4 is 5.32 Å².